The van der Waals surface area contributed by atoms with E-state index in [1.165, 1.54) is 0 Å². The number of unbranched alkanes of at least 4 members (excludes halogenated alkanes) is 1. The second kappa shape index (κ2) is 9.83. The van der Waals surface area contributed by atoms with Crippen LogP contribution in [0, 0.1) is 0 Å². The Balaban J connectivity index is 1.61. The van der Waals surface area contributed by atoms with Gasteiger partial charge in [0.1, 0.15) is 6.04 Å². The Kier molecular flexibility index (Phi) is 7.76. The number of carbonyl (C=O) groups excluding carboxylic acids is 4. The molecule has 2 heterocycles. The molecule has 2 aliphatic rings. The van der Waals surface area contributed by atoms with Crippen LogP contribution in [0.2, 0.25) is 0 Å². The highest BCUT2D eigenvalue weighted by Gasteiger charge is 2.38. The molecule has 0 saturated carbocycles. The molecular weight excluding hydrogens is 377 g/mol. The SMILES string of the molecule is CC1[13CH2][15N]([13CH3])C(C(=O)[15NH][13CH2][13CH2][13CH2][13CH2]N[13C](=O)ON2C(=O)CCC2=O)C(C)[15N]1[13CH3]. The predicted molar refractivity (Wildman–Crippen MR) is 101 cm³/mol. The summed E-state index contributed by atoms with van der Waals surface area (Å²) in [6.07, 6.45) is 0.613. The van der Waals surface area contributed by atoms with Crippen LogP contribution in [0.25, 0.3) is 0 Å². The fourth-order valence-electron chi connectivity index (χ4n) is 3.60. The molecule has 0 radical (unpaired) electrons. The number of piperazine rings is 1. The van der Waals surface area contributed by atoms with Crippen LogP contribution in [0.1, 0.15) is 39.5 Å². The lowest BCUT2D eigenvalue weighted by atomic mass is 10.1. The number of rotatable bonds is 7. The van der Waals surface area contributed by atoms with Gasteiger partial charge in [-0.25, -0.2) is 4.79 Å². The fourth-order valence-corrected chi connectivity index (χ4v) is 3.60. The molecule has 158 valence electrons. The van der Waals surface area contributed by atoms with Gasteiger partial charge in [-0.15, -0.1) is 5.06 Å². The van der Waals surface area contributed by atoms with E-state index >= 15 is 0 Å². The Morgan fingerprint density at radius 1 is 1.04 bits per heavy atom. The molecule has 3 atom stereocenters. The van der Waals surface area contributed by atoms with E-state index in [0.717, 1.165) is 6.54 Å². The minimum absolute atomic E-state index is 0.00665. The molecule has 0 bridgehead atoms. The first-order valence-corrected chi connectivity index (χ1v) is 9.73. The van der Waals surface area contributed by atoms with Crippen molar-refractivity contribution in [2.45, 2.75) is 57.7 Å². The molecule has 0 aromatic rings. The maximum Gasteiger partial charge on any atom is 0.432 e. The van der Waals surface area contributed by atoms with E-state index in [1.54, 1.807) is 0 Å². The Bertz CT molecular complexity index is 597. The summed E-state index contributed by atoms with van der Waals surface area (Å²) in [6.45, 7) is 5.88. The van der Waals surface area contributed by atoms with Gasteiger partial charge in [-0.2, -0.15) is 0 Å². The third-order valence-corrected chi connectivity index (χ3v) is 5.44. The molecule has 28 heavy (non-hydrogen) atoms. The van der Waals surface area contributed by atoms with Crippen LogP contribution in [-0.2, 0) is 19.2 Å². The standard InChI is InChI=1S/C18H31N5O5/c1-12-11-21(3)16(13(2)22(12)4)17(26)19-9-5-6-10-20-18(27)28-23-14(24)7-8-15(23)25/h12-13,16H,5-11H2,1-4H3,(H,19,26)(H,20,27)/i3+1,4+1,5+1,6+1,9+1,10+1,11+1,18+1,19+1,21+1,22+1. The molecule has 0 aromatic carbocycles. The molecule has 0 spiro atoms. The van der Waals surface area contributed by atoms with Crippen molar-refractivity contribution in [3.8, 4) is 0 Å². The molecule has 0 aromatic heterocycles. The van der Waals surface area contributed by atoms with Gasteiger partial charge in [0.15, 0.2) is 0 Å². The molecule has 2 rings (SSSR count). The van der Waals surface area contributed by atoms with E-state index in [-0.39, 0.29) is 30.8 Å². The number of carbonyl (C=O) groups is 4. The Morgan fingerprint density at radius 2 is 1.61 bits per heavy atom. The third kappa shape index (κ3) is 5.41. The topological polar surface area (TPSA) is 111 Å². The largest absolute Gasteiger partial charge is 0.432 e. The quantitative estimate of drug-likeness (QED) is 0.257. The fraction of sp³-hybridized carbons (Fsp3) is 0.778. The van der Waals surface area contributed by atoms with Crippen molar-refractivity contribution in [2.24, 2.45) is 0 Å². The molecule has 2 aliphatic heterocycles. The summed E-state index contributed by atoms with van der Waals surface area (Å²) < 4.78 is 0. The molecule has 10 heteroatoms. The summed E-state index contributed by atoms with van der Waals surface area (Å²) in [5.74, 6) is -1.01. The highest BCUT2D eigenvalue weighted by Crippen LogP contribution is 2.18. The zero-order chi connectivity index (χ0) is 20.8. The van der Waals surface area contributed by atoms with Crippen molar-refractivity contribution in [3.63, 3.8) is 0 Å². The number of hydrogen-bond acceptors (Lipinski definition) is 7. The number of nitrogens with zero attached hydrogens (tertiary/aromatic N) is 3. The Morgan fingerprint density at radius 3 is 2.21 bits per heavy atom. The second-order valence-electron chi connectivity index (χ2n) is 7.53. The van der Waals surface area contributed by atoms with Gasteiger partial charge in [0.2, 0.25) is 5.91 Å². The van der Waals surface area contributed by atoms with Crippen LogP contribution in [0.15, 0.2) is 0 Å². The van der Waals surface area contributed by atoms with Gasteiger partial charge in [-0.3, -0.25) is 24.2 Å². The zero-order valence-corrected chi connectivity index (χ0v) is 17.1. The predicted octanol–water partition coefficient (Wildman–Crippen LogP) is -0.304. The number of nitrogens with one attached hydrogen (secondary N) is 2. The van der Waals surface area contributed by atoms with Crippen LogP contribution in [-0.4, -0.2) is 90.5 Å². The van der Waals surface area contributed by atoms with Crippen LogP contribution in [0.3, 0.4) is 0 Å². The molecule has 2 N–H and O–H groups in total. The monoisotopic (exact) mass is 408 g/mol. The lowest BCUT2D eigenvalue weighted by molar-refractivity contribution is -0.171. The Labute approximate surface area is 165 Å². The normalized spacial score (nSPS) is 26.4. The van der Waals surface area contributed by atoms with Crippen molar-refractivity contribution >= 4 is 23.8 Å². The minimum atomic E-state index is -0.831. The average Bonchev–Trinajstić information content (AvgIpc) is 2.94. The minimum Gasteiger partial charge on any atom is -0.355 e. The molecule has 0 aliphatic carbocycles. The lowest BCUT2D eigenvalue weighted by Gasteiger charge is -2.46. The van der Waals surface area contributed by atoms with Gasteiger partial charge in [-0.05, 0) is 40.8 Å². The number of hydrogen-bond donors (Lipinski definition) is 2. The second-order valence-corrected chi connectivity index (χ2v) is 7.53. The molecular formula is C18H31N5O5. The summed E-state index contributed by atoms with van der Waals surface area (Å²) >= 11 is 0. The lowest BCUT2D eigenvalue weighted by Crippen LogP contribution is -2.64. The first-order chi connectivity index (χ1) is 13.2. The Hall–Kier alpha value is -2.20. The van der Waals surface area contributed by atoms with Gasteiger partial charge in [0.05, 0.1) is 0 Å². The van der Waals surface area contributed by atoms with Crippen LogP contribution in [0.5, 0.6) is 0 Å². The van der Waals surface area contributed by atoms with Gasteiger partial charge in [0.25, 0.3) is 11.8 Å². The average molecular weight is 408 g/mol. The van der Waals surface area contributed by atoms with Gasteiger partial charge < -0.3 is 15.5 Å². The first kappa shape index (κ1) is 22.1. The van der Waals surface area contributed by atoms with E-state index in [0.29, 0.717) is 37.0 Å². The number of amides is 4. The third-order valence-electron chi connectivity index (χ3n) is 5.44. The molecule has 3 unspecified atom stereocenters. The zero-order valence-electron chi connectivity index (χ0n) is 17.1. The maximum absolute atomic E-state index is 12.5. The van der Waals surface area contributed by atoms with Crippen LogP contribution < -0.4 is 10.6 Å². The summed E-state index contributed by atoms with van der Waals surface area (Å²) in [5.41, 5.74) is 0. The van der Waals surface area contributed by atoms with E-state index in [1.807, 2.05) is 14.1 Å². The van der Waals surface area contributed by atoms with Crippen molar-refractivity contribution in [1.29, 1.82) is 0 Å². The van der Waals surface area contributed by atoms with Crippen molar-refractivity contribution < 1.29 is 24.0 Å². The van der Waals surface area contributed by atoms with E-state index in [4.69, 9.17) is 4.84 Å². The first-order valence-electron chi connectivity index (χ1n) is 9.73. The van der Waals surface area contributed by atoms with Crippen molar-refractivity contribution in [1.82, 2.24) is 25.5 Å². The molecule has 2 fully saturated rings. The molecule has 2 saturated heterocycles. The number of hydroxylamine groups is 2. The summed E-state index contributed by atoms with van der Waals surface area (Å²) in [4.78, 5) is 55.9. The van der Waals surface area contributed by atoms with Crippen LogP contribution >= 0.6 is 0 Å². The van der Waals surface area contributed by atoms with E-state index in [2.05, 4.69) is 34.3 Å². The molecule has 10 nitrogen and oxygen atoms in total. The van der Waals surface area contributed by atoms with Crippen molar-refractivity contribution in [3.05, 3.63) is 0 Å². The summed E-state index contributed by atoms with van der Waals surface area (Å²) in [6, 6.07) is 0.340. The molecule has 4 amide bonds. The number of likely N-dealkylation sites (N-methyl/N-ethyl adjacent to an activating group) is 2. The highest BCUT2D eigenvalue weighted by atomic mass is 16.8. The van der Waals surface area contributed by atoms with E-state index in [9.17, 15) is 19.2 Å². The smallest absolute Gasteiger partial charge is 0.355 e. The van der Waals surface area contributed by atoms with Gasteiger partial charge in [0, 0.05) is 44.6 Å². The summed E-state index contributed by atoms with van der Waals surface area (Å²) in [7, 11) is 4.01. The summed E-state index contributed by atoms with van der Waals surface area (Å²) in [5, 5.41) is 5.96. The van der Waals surface area contributed by atoms with Gasteiger partial charge >= 0.3 is 6.09 Å². The van der Waals surface area contributed by atoms with Gasteiger partial charge in [-0.1, -0.05) is 0 Å². The highest BCUT2D eigenvalue weighted by molar-refractivity contribution is 6.01. The van der Waals surface area contributed by atoms with E-state index < -0.39 is 17.9 Å². The maximum atomic E-state index is 12.5. The van der Waals surface area contributed by atoms with Crippen molar-refractivity contribution in [2.75, 3.05) is 33.7 Å². The van der Waals surface area contributed by atoms with Crippen LogP contribution in [0.4, 0.5) is 4.79 Å². The number of imide groups is 1.